The number of ether oxygens (including phenoxy) is 1. The highest BCUT2D eigenvalue weighted by molar-refractivity contribution is 9.10. The highest BCUT2D eigenvalue weighted by atomic mass is 79.9. The normalized spacial score (nSPS) is 15.2. The summed E-state index contributed by atoms with van der Waals surface area (Å²) in [6.07, 6.45) is 2.14. The van der Waals surface area contributed by atoms with Crippen LogP contribution < -0.4 is 16.0 Å². The van der Waals surface area contributed by atoms with Crippen LogP contribution in [0.25, 0.3) is 0 Å². The highest BCUT2D eigenvalue weighted by Gasteiger charge is 2.23. The SMILES string of the molecule is Cc1cccc(C(NN)c2cccc3c2OCCC3)c1Br. The molecule has 3 nitrogen and oxygen atoms in total. The predicted molar refractivity (Wildman–Crippen MR) is 88.3 cm³/mol. The average molecular weight is 347 g/mol. The lowest BCUT2D eigenvalue weighted by molar-refractivity contribution is 0.283. The summed E-state index contributed by atoms with van der Waals surface area (Å²) in [6.45, 7) is 2.86. The number of aryl methyl sites for hydroxylation is 2. The number of benzene rings is 2. The first-order chi connectivity index (χ1) is 10.2. The molecule has 1 aliphatic rings. The van der Waals surface area contributed by atoms with Gasteiger partial charge in [-0.3, -0.25) is 5.84 Å². The lowest BCUT2D eigenvalue weighted by atomic mass is 9.93. The van der Waals surface area contributed by atoms with E-state index in [4.69, 9.17) is 10.6 Å². The number of nitrogens with two attached hydrogens (primary N) is 1. The first-order valence-corrected chi connectivity index (χ1v) is 7.97. The Kier molecular flexibility index (Phi) is 4.29. The van der Waals surface area contributed by atoms with Gasteiger partial charge in [0, 0.05) is 10.0 Å². The van der Waals surface area contributed by atoms with Gasteiger partial charge in [-0.15, -0.1) is 0 Å². The van der Waals surface area contributed by atoms with Crippen LogP contribution in [0.4, 0.5) is 0 Å². The van der Waals surface area contributed by atoms with E-state index in [-0.39, 0.29) is 6.04 Å². The molecule has 1 unspecified atom stereocenters. The Morgan fingerprint density at radius 1 is 1.19 bits per heavy atom. The smallest absolute Gasteiger partial charge is 0.127 e. The Morgan fingerprint density at radius 2 is 1.95 bits per heavy atom. The maximum absolute atomic E-state index is 5.92. The minimum Gasteiger partial charge on any atom is -0.493 e. The fourth-order valence-electron chi connectivity index (χ4n) is 2.88. The summed E-state index contributed by atoms with van der Waals surface area (Å²) in [4.78, 5) is 0. The molecule has 2 aromatic carbocycles. The molecule has 1 atom stereocenters. The molecule has 0 radical (unpaired) electrons. The minimum absolute atomic E-state index is 0.0904. The van der Waals surface area contributed by atoms with E-state index in [1.165, 1.54) is 11.1 Å². The number of hydrogen-bond donors (Lipinski definition) is 2. The van der Waals surface area contributed by atoms with Gasteiger partial charge in [0.05, 0.1) is 12.6 Å². The number of halogens is 1. The van der Waals surface area contributed by atoms with E-state index in [9.17, 15) is 0 Å². The van der Waals surface area contributed by atoms with E-state index < -0.39 is 0 Å². The average Bonchev–Trinajstić information content (AvgIpc) is 2.52. The van der Waals surface area contributed by atoms with Crippen molar-refractivity contribution in [1.29, 1.82) is 0 Å². The van der Waals surface area contributed by atoms with Gasteiger partial charge in [-0.05, 0) is 36.5 Å². The number of para-hydroxylation sites is 1. The van der Waals surface area contributed by atoms with Crippen molar-refractivity contribution < 1.29 is 4.74 Å². The molecule has 0 spiro atoms. The van der Waals surface area contributed by atoms with Gasteiger partial charge in [0.2, 0.25) is 0 Å². The summed E-state index contributed by atoms with van der Waals surface area (Å²) in [5.41, 5.74) is 7.63. The van der Waals surface area contributed by atoms with Crippen molar-refractivity contribution in [3.63, 3.8) is 0 Å². The number of hydrazine groups is 1. The second-order valence-corrected chi connectivity index (χ2v) is 6.16. The standard InChI is InChI=1S/C17H19BrN2O/c1-11-5-2-8-13(15(11)18)16(20-19)14-9-3-6-12-7-4-10-21-17(12)14/h2-3,5-6,8-9,16,20H,4,7,10,19H2,1H3. The summed E-state index contributed by atoms with van der Waals surface area (Å²) in [5, 5.41) is 0. The Labute approximate surface area is 133 Å². The van der Waals surface area contributed by atoms with Crippen LogP contribution in [0.15, 0.2) is 40.9 Å². The molecule has 1 aliphatic heterocycles. The number of hydrogen-bond acceptors (Lipinski definition) is 3. The zero-order valence-corrected chi connectivity index (χ0v) is 13.6. The molecule has 0 aromatic heterocycles. The zero-order valence-electron chi connectivity index (χ0n) is 12.0. The molecule has 3 rings (SSSR count). The lowest BCUT2D eigenvalue weighted by Gasteiger charge is -2.26. The minimum atomic E-state index is -0.0904. The van der Waals surface area contributed by atoms with E-state index in [1.807, 2.05) is 0 Å². The Balaban J connectivity index is 2.11. The van der Waals surface area contributed by atoms with Gasteiger partial charge < -0.3 is 4.74 Å². The molecule has 1 heterocycles. The molecule has 0 saturated carbocycles. The molecule has 4 heteroatoms. The van der Waals surface area contributed by atoms with E-state index in [1.54, 1.807) is 0 Å². The Hall–Kier alpha value is -1.36. The molecule has 0 fully saturated rings. The molecular formula is C17H19BrN2O. The number of rotatable bonds is 3. The number of fused-ring (bicyclic) bond motifs is 1. The van der Waals surface area contributed by atoms with Crippen LogP contribution in [0.1, 0.15) is 34.7 Å². The van der Waals surface area contributed by atoms with E-state index in [0.717, 1.165) is 40.8 Å². The third-order valence-electron chi connectivity index (χ3n) is 3.97. The van der Waals surface area contributed by atoms with Gasteiger partial charge in [-0.25, -0.2) is 5.43 Å². The Morgan fingerprint density at radius 3 is 2.76 bits per heavy atom. The van der Waals surface area contributed by atoms with Gasteiger partial charge >= 0.3 is 0 Å². The second-order valence-electron chi connectivity index (χ2n) is 5.37. The molecule has 3 N–H and O–H groups in total. The fraction of sp³-hybridized carbons (Fsp3) is 0.294. The van der Waals surface area contributed by atoms with E-state index in [2.05, 4.69) is 64.7 Å². The quantitative estimate of drug-likeness (QED) is 0.658. The molecule has 110 valence electrons. The van der Waals surface area contributed by atoms with Crippen LogP contribution in [0.2, 0.25) is 0 Å². The monoisotopic (exact) mass is 346 g/mol. The van der Waals surface area contributed by atoms with Crippen LogP contribution in [0.3, 0.4) is 0 Å². The summed E-state index contributed by atoms with van der Waals surface area (Å²) in [7, 11) is 0. The largest absolute Gasteiger partial charge is 0.493 e. The topological polar surface area (TPSA) is 47.3 Å². The van der Waals surface area contributed by atoms with E-state index in [0.29, 0.717) is 0 Å². The van der Waals surface area contributed by atoms with Crippen LogP contribution in [0.5, 0.6) is 5.75 Å². The number of nitrogens with one attached hydrogen (secondary N) is 1. The first-order valence-electron chi connectivity index (χ1n) is 7.18. The van der Waals surface area contributed by atoms with Crippen molar-refractivity contribution in [1.82, 2.24) is 5.43 Å². The maximum Gasteiger partial charge on any atom is 0.127 e. The van der Waals surface area contributed by atoms with Crippen molar-refractivity contribution >= 4 is 15.9 Å². The van der Waals surface area contributed by atoms with E-state index >= 15 is 0 Å². The summed E-state index contributed by atoms with van der Waals surface area (Å²) >= 11 is 3.68. The molecular weight excluding hydrogens is 328 g/mol. The molecule has 0 aliphatic carbocycles. The van der Waals surface area contributed by atoms with Crippen LogP contribution in [-0.2, 0) is 6.42 Å². The maximum atomic E-state index is 5.92. The predicted octanol–water partition coefficient (Wildman–Crippen LogP) is 3.64. The van der Waals surface area contributed by atoms with Crippen molar-refractivity contribution in [2.75, 3.05) is 6.61 Å². The van der Waals surface area contributed by atoms with Crippen molar-refractivity contribution in [2.45, 2.75) is 25.8 Å². The third-order valence-corrected chi connectivity index (χ3v) is 5.06. The van der Waals surface area contributed by atoms with Gasteiger partial charge in [-0.1, -0.05) is 52.3 Å². The summed E-state index contributed by atoms with van der Waals surface area (Å²) in [6, 6.07) is 12.4. The lowest BCUT2D eigenvalue weighted by Crippen LogP contribution is -2.30. The third kappa shape index (κ3) is 2.71. The second kappa shape index (κ2) is 6.18. The summed E-state index contributed by atoms with van der Waals surface area (Å²) in [5.74, 6) is 6.85. The molecule has 21 heavy (non-hydrogen) atoms. The Bertz CT molecular complexity index is 657. The molecule has 0 bridgehead atoms. The molecule has 2 aromatic rings. The van der Waals surface area contributed by atoms with Crippen molar-refractivity contribution in [3.05, 3.63) is 63.1 Å². The van der Waals surface area contributed by atoms with Gasteiger partial charge in [0.25, 0.3) is 0 Å². The summed E-state index contributed by atoms with van der Waals surface area (Å²) < 4.78 is 7.00. The fourth-order valence-corrected chi connectivity index (χ4v) is 3.38. The molecule has 0 amide bonds. The molecule has 0 saturated heterocycles. The van der Waals surface area contributed by atoms with Crippen molar-refractivity contribution in [2.24, 2.45) is 5.84 Å². The highest BCUT2D eigenvalue weighted by Crippen LogP contribution is 2.38. The van der Waals surface area contributed by atoms with Crippen molar-refractivity contribution in [3.8, 4) is 5.75 Å². The zero-order chi connectivity index (χ0) is 14.8. The van der Waals surface area contributed by atoms with Gasteiger partial charge in [0.1, 0.15) is 5.75 Å². The van der Waals surface area contributed by atoms with Crippen LogP contribution >= 0.6 is 15.9 Å². The van der Waals surface area contributed by atoms with Gasteiger partial charge in [-0.2, -0.15) is 0 Å². The van der Waals surface area contributed by atoms with Gasteiger partial charge in [0.15, 0.2) is 0 Å². The van der Waals surface area contributed by atoms with Crippen LogP contribution in [-0.4, -0.2) is 6.61 Å². The van der Waals surface area contributed by atoms with Crippen LogP contribution in [0, 0.1) is 6.92 Å². The first kappa shape index (κ1) is 14.6.